The molecule has 11 rings (SSSR count). The van der Waals surface area contributed by atoms with E-state index in [9.17, 15) is 0 Å². The molecule has 3 nitrogen and oxygen atoms in total. The molecule has 0 bridgehead atoms. The first-order valence-corrected chi connectivity index (χ1v) is 27.9. The second-order valence-corrected chi connectivity index (χ2v) is 26.4. The Kier molecular flexibility index (Phi) is 12.6. The van der Waals surface area contributed by atoms with Crippen LogP contribution in [0.15, 0.2) is 206 Å². The van der Waals surface area contributed by atoms with Crippen molar-refractivity contribution in [1.82, 2.24) is 0 Å². The average Bonchev–Trinajstić information content (AvgIpc) is 3.51. The third-order valence-electron chi connectivity index (χ3n) is 16.6. The van der Waals surface area contributed by atoms with E-state index in [0.29, 0.717) is 0 Å². The van der Waals surface area contributed by atoms with Crippen LogP contribution >= 0.6 is 0 Å². The van der Waals surface area contributed by atoms with Crippen LogP contribution in [0.25, 0.3) is 11.1 Å². The van der Waals surface area contributed by atoms with Gasteiger partial charge in [-0.05, 0) is 150 Å². The lowest BCUT2D eigenvalue weighted by atomic mass is 9.33. The summed E-state index contributed by atoms with van der Waals surface area (Å²) < 4.78 is 0. The maximum atomic E-state index is 2.63. The topological polar surface area (TPSA) is 9.72 Å². The van der Waals surface area contributed by atoms with Gasteiger partial charge in [0.15, 0.2) is 0 Å². The number of para-hydroxylation sites is 2. The number of nitrogens with zero attached hydrogens (tertiary/aromatic N) is 3. The van der Waals surface area contributed by atoms with Gasteiger partial charge in [0, 0.05) is 50.8 Å². The Hall–Kier alpha value is -7.56. The summed E-state index contributed by atoms with van der Waals surface area (Å²) in [5.41, 5.74) is 24.1. The predicted octanol–water partition coefficient (Wildman–Crippen LogP) is 18.4. The first kappa shape index (κ1) is 51.5. The molecule has 386 valence electrons. The molecule has 0 spiro atoms. The van der Waals surface area contributed by atoms with Gasteiger partial charge < -0.3 is 14.7 Å². The summed E-state index contributed by atoms with van der Waals surface area (Å²) >= 11 is 0. The van der Waals surface area contributed by atoms with E-state index >= 15 is 0 Å². The Morgan fingerprint density at radius 2 is 0.727 bits per heavy atom. The normalized spacial score (nSPS) is 13.5. The zero-order valence-corrected chi connectivity index (χ0v) is 48.0. The summed E-state index contributed by atoms with van der Waals surface area (Å²) in [6, 6.07) is 78.5. The lowest BCUT2D eigenvalue weighted by Crippen LogP contribution is -2.61. The average molecular weight is 1010 g/mol. The van der Waals surface area contributed by atoms with Gasteiger partial charge in [-0.2, -0.15) is 0 Å². The van der Waals surface area contributed by atoms with Gasteiger partial charge in [-0.15, -0.1) is 0 Å². The monoisotopic (exact) mass is 1010 g/mol. The van der Waals surface area contributed by atoms with Gasteiger partial charge in [-0.1, -0.05) is 230 Å². The SMILES string of the molecule is CC(C)(C)c1ccc(N2c3ccc(C(C)(C)C)cc3B3c4cc(C(C)(C)C)ccc4N(c4ccc(C(C)(C)c5cccc(C(C)(C)C)c5)cc4-c4ccccc4)c4cc(N(c5ccccc5)c5ccccc5)cc2c43)cc1. The van der Waals surface area contributed by atoms with Gasteiger partial charge in [0.2, 0.25) is 0 Å². The Bertz CT molecular complexity index is 3600. The fourth-order valence-electron chi connectivity index (χ4n) is 11.8. The van der Waals surface area contributed by atoms with Gasteiger partial charge in [0.05, 0.1) is 11.4 Å². The summed E-state index contributed by atoms with van der Waals surface area (Å²) in [4.78, 5) is 7.65. The van der Waals surface area contributed by atoms with Gasteiger partial charge >= 0.3 is 0 Å². The summed E-state index contributed by atoms with van der Waals surface area (Å²) in [5.74, 6) is 0. The van der Waals surface area contributed by atoms with Crippen LogP contribution in [0.5, 0.6) is 0 Å². The van der Waals surface area contributed by atoms with Crippen LogP contribution in [-0.4, -0.2) is 6.71 Å². The molecule has 0 fully saturated rings. The van der Waals surface area contributed by atoms with E-state index in [0.717, 1.165) is 28.4 Å². The number of hydrogen-bond acceptors (Lipinski definition) is 3. The molecule has 0 unspecified atom stereocenters. The molecule has 9 aromatic rings. The zero-order chi connectivity index (χ0) is 54.4. The van der Waals surface area contributed by atoms with Crippen molar-refractivity contribution in [2.75, 3.05) is 14.7 Å². The minimum Gasteiger partial charge on any atom is -0.311 e. The highest BCUT2D eigenvalue weighted by molar-refractivity contribution is 7.00. The third-order valence-corrected chi connectivity index (χ3v) is 16.6. The largest absolute Gasteiger partial charge is 0.311 e. The van der Waals surface area contributed by atoms with Crippen LogP contribution in [0.2, 0.25) is 0 Å². The third kappa shape index (κ3) is 9.38. The zero-order valence-electron chi connectivity index (χ0n) is 48.0. The predicted molar refractivity (Wildman–Crippen MR) is 334 cm³/mol. The lowest BCUT2D eigenvalue weighted by Gasteiger charge is -2.46. The molecule has 2 aliphatic heterocycles. The number of anilines is 9. The molecular formula is C73H76BN3. The molecule has 0 aliphatic carbocycles. The molecule has 0 aromatic heterocycles. The van der Waals surface area contributed by atoms with Crippen LogP contribution in [0.1, 0.15) is 130 Å². The van der Waals surface area contributed by atoms with E-state index in [-0.39, 0.29) is 33.8 Å². The summed E-state index contributed by atoms with van der Waals surface area (Å²) in [7, 11) is 0. The first-order valence-electron chi connectivity index (χ1n) is 27.9. The molecule has 0 radical (unpaired) electrons. The van der Waals surface area contributed by atoms with Crippen LogP contribution < -0.4 is 31.1 Å². The fraction of sp³-hybridized carbons (Fsp3) is 0.260. The molecule has 2 heterocycles. The van der Waals surface area contributed by atoms with Gasteiger partial charge in [-0.25, -0.2) is 0 Å². The minimum absolute atomic E-state index is 0.00263. The maximum Gasteiger partial charge on any atom is 0.252 e. The van der Waals surface area contributed by atoms with E-state index < -0.39 is 0 Å². The molecule has 77 heavy (non-hydrogen) atoms. The Morgan fingerprint density at radius 1 is 0.312 bits per heavy atom. The highest BCUT2D eigenvalue weighted by Gasteiger charge is 2.45. The van der Waals surface area contributed by atoms with Crippen LogP contribution in [-0.2, 0) is 27.1 Å². The summed E-state index contributed by atoms with van der Waals surface area (Å²) in [6.07, 6.45) is 0. The van der Waals surface area contributed by atoms with E-state index in [1.54, 1.807) is 0 Å². The molecular weight excluding hydrogens is 930 g/mol. The quantitative estimate of drug-likeness (QED) is 0.140. The maximum absolute atomic E-state index is 2.63. The van der Waals surface area contributed by atoms with Crippen LogP contribution in [0.4, 0.5) is 51.2 Å². The van der Waals surface area contributed by atoms with Crippen LogP contribution in [0, 0.1) is 0 Å². The van der Waals surface area contributed by atoms with E-state index in [1.807, 2.05) is 0 Å². The standard InChI is InChI=1S/C73H76BN3/c1-69(2,3)50-33-38-58(39-34-50)76-64-41-35-52(71(7,8)9)45-61(64)74-62-46-53(72(10,11)12)36-42-65(62)77(67-48-59(47-66(76)68(67)74)75(56-29-20-16-21-30-56)57-31-22-17-23-32-57)63-40-37-55(44-60(63)49-25-18-15-19-26-49)73(13,14)54-28-24-27-51(43-54)70(4,5)6/h15-48H,1-14H3. The molecule has 0 saturated heterocycles. The van der Waals surface area contributed by atoms with Crippen molar-refractivity contribution < 1.29 is 0 Å². The first-order chi connectivity index (χ1) is 36.5. The van der Waals surface area contributed by atoms with Crippen molar-refractivity contribution in [3.05, 3.63) is 240 Å². The van der Waals surface area contributed by atoms with Gasteiger partial charge in [-0.3, -0.25) is 0 Å². The van der Waals surface area contributed by atoms with Crippen molar-refractivity contribution in [2.24, 2.45) is 0 Å². The Labute approximate surface area is 461 Å². The van der Waals surface area contributed by atoms with Crippen molar-refractivity contribution in [3.63, 3.8) is 0 Å². The van der Waals surface area contributed by atoms with Gasteiger partial charge in [0.25, 0.3) is 6.71 Å². The summed E-state index contributed by atoms with van der Waals surface area (Å²) in [6.45, 7) is 32.6. The smallest absolute Gasteiger partial charge is 0.252 e. The van der Waals surface area contributed by atoms with Crippen molar-refractivity contribution in [1.29, 1.82) is 0 Å². The Morgan fingerprint density at radius 3 is 1.25 bits per heavy atom. The van der Waals surface area contributed by atoms with Crippen LogP contribution in [0.3, 0.4) is 0 Å². The molecule has 0 N–H and O–H groups in total. The highest BCUT2D eigenvalue weighted by atomic mass is 15.2. The number of hydrogen-bond donors (Lipinski definition) is 0. The molecule has 0 saturated carbocycles. The second kappa shape index (κ2) is 18.9. The molecule has 9 aromatic carbocycles. The van der Waals surface area contributed by atoms with E-state index in [1.165, 1.54) is 83.6 Å². The number of fused-ring (bicyclic) bond motifs is 4. The molecule has 2 aliphatic rings. The molecule has 0 amide bonds. The number of rotatable bonds is 8. The van der Waals surface area contributed by atoms with Gasteiger partial charge in [0.1, 0.15) is 0 Å². The number of benzene rings is 9. The minimum atomic E-state index is -0.293. The van der Waals surface area contributed by atoms with Crippen molar-refractivity contribution in [2.45, 2.75) is 124 Å². The Balaban J connectivity index is 1.27. The molecule has 0 atom stereocenters. The second-order valence-electron chi connectivity index (χ2n) is 26.4. The van der Waals surface area contributed by atoms with Crippen molar-refractivity contribution >= 4 is 74.3 Å². The fourth-order valence-corrected chi connectivity index (χ4v) is 11.8. The molecule has 4 heteroatoms. The lowest BCUT2D eigenvalue weighted by molar-refractivity contribution is 0.582. The van der Waals surface area contributed by atoms with Crippen molar-refractivity contribution in [3.8, 4) is 11.1 Å². The van der Waals surface area contributed by atoms with E-state index in [4.69, 9.17) is 0 Å². The summed E-state index contributed by atoms with van der Waals surface area (Å²) in [5, 5.41) is 0. The van der Waals surface area contributed by atoms with E-state index in [2.05, 4.69) is 318 Å². The highest BCUT2D eigenvalue weighted by Crippen LogP contribution is 2.51.